The first-order valence-corrected chi connectivity index (χ1v) is 6.60. The molecule has 0 aromatic heterocycles. The summed E-state index contributed by atoms with van der Waals surface area (Å²) in [5, 5.41) is 0. The average molecular weight is 224 g/mol. The monoisotopic (exact) mass is 224 g/mol. The molecule has 0 unspecified atom stereocenters. The van der Waals surface area contributed by atoms with Crippen LogP contribution in [-0.2, 0) is 0 Å². The number of rotatable bonds is 1. The van der Waals surface area contributed by atoms with E-state index in [1.807, 2.05) is 13.8 Å². The highest BCUT2D eigenvalue weighted by molar-refractivity contribution is 5.78. The molecule has 0 bridgehead atoms. The van der Waals surface area contributed by atoms with Gasteiger partial charge in [-0.25, -0.2) is 0 Å². The first-order chi connectivity index (χ1) is 8.42. The van der Waals surface area contributed by atoms with Crippen LogP contribution in [0.25, 0.3) is 11.1 Å². The minimum Gasteiger partial charge on any atom is -0.0683 e. The van der Waals surface area contributed by atoms with Crippen molar-refractivity contribution in [3.63, 3.8) is 0 Å². The molecule has 0 fully saturated rings. The van der Waals surface area contributed by atoms with Crippen LogP contribution in [0.5, 0.6) is 0 Å². The van der Waals surface area contributed by atoms with Crippen molar-refractivity contribution in [2.75, 3.05) is 0 Å². The van der Waals surface area contributed by atoms with Gasteiger partial charge in [0, 0.05) is 5.92 Å². The Morgan fingerprint density at radius 2 is 1.18 bits per heavy atom. The van der Waals surface area contributed by atoms with E-state index in [1.54, 1.807) is 0 Å². The van der Waals surface area contributed by atoms with Gasteiger partial charge in [-0.3, -0.25) is 0 Å². The fraction of sp³-hybridized carbons (Fsp3) is 0.294. The highest BCUT2D eigenvalue weighted by Crippen LogP contribution is 2.45. The third-order valence-electron chi connectivity index (χ3n) is 3.37. The minimum absolute atomic E-state index is 0.609. The molecule has 0 atom stereocenters. The Balaban J connectivity index is 0.000000514. The predicted octanol–water partition coefficient (Wildman–Crippen LogP) is 5.24. The standard InChI is InChI=1S/C15H14.C2H6/c1-2-11-12-7-3-5-9-14(12)15-10-6-4-8-13(11)15;1-2/h3-11H,2H2,1H3;1-2H3. The Morgan fingerprint density at radius 3 is 1.59 bits per heavy atom. The molecule has 0 nitrogen and oxygen atoms in total. The molecular weight excluding hydrogens is 204 g/mol. The lowest BCUT2D eigenvalue weighted by Crippen LogP contribution is -1.93. The van der Waals surface area contributed by atoms with E-state index in [-0.39, 0.29) is 0 Å². The highest BCUT2D eigenvalue weighted by atomic mass is 14.3. The fourth-order valence-electron chi connectivity index (χ4n) is 2.70. The first-order valence-electron chi connectivity index (χ1n) is 6.60. The number of benzene rings is 2. The van der Waals surface area contributed by atoms with Gasteiger partial charge in [0.25, 0.3) is 0 Å². The van der Waals surface area contributed by atoms with Crippen molar-refractivity contribution in [3.8, 4) is 11.1 Å². The molecule has 0 amide bonds. The van der Waals surface area contributed by atoms with Gasteiger partial charge in [-0.2, -0.15) is 0 Å². The molecule has 0 heteroatoms. The van der Waals surface area contributed by atoms with Crippen molar-refractivity contribution in [2.45, 2.75) is 33.1 Å². The van der Waals surface area contributed by atoms with Gasteiger partial charge in [0.05, 0.1) is 0 Å². The zero-order chi connectivity index (χ0) is 12.3. The van der Waals surface area contributed by atoms with E-state index in [0.717, 1.165) is 0 Å². The normalized spacial score (nSPS) is 12.4. The summed E-state index contributed by atoms with van der Waals surface area (Å²) in [5.74, 6) is 0.609. The predicted molar refractivity (Wildman–Crippen MR) is 75.4 cm³/mol. The summed E-state index contributed by atoms with van der Waals surface area (Å²) in [6.07, 6.45) is 1.19. The largest absolute Gasteiger partial charge is 0.0683 e. The van der Waals surface area contributed by atoms with Crippen molar-refractivity contribution < 1.29 is 0 Å². The van der Waals surface area contributed by atoms with E-state index < -0.39 is 0 Å². The summed E-state index contributed by atoms with van der Waals surface area (Å²) in [7, 11) is 0. The van der Waals surface area contributed by atoms with Gasteiger partial charge >= 0.3 is 0 Å². The molecule has 0 aliphatic heterocycles. The summed E-state index contributed by atoms with van der Waals surface area (Å²) in [4.78, 5) is 0. The molecule has 0 N–H and O–H groups in total. The lowest BCUT2D eigenvalue weighted by atomic mass is 9.95. The number of hydrogen-bond donors (Lipinski definition) is 0. The second-order valence-electron chi connectivity index (χ2n) is 4.14. The molecule has 88 valence electrons. The van der Waals surface area contributed by atoms with Crippen molar-refractivity contribution in [1.82, 2.24) is 0 Å². The fourth-order valence-corrected chi connectivity index (χ4v) is 2.70. The van der Waals surface area contributed by atoms with Gasteiger partial charge in [-0.15, -0.1) is 0 Å². The van der Waals surface area contributed by atoms with Gasteiger partial charge in [0.1, 0.15) is 0 Å². The van der Waals surface area contributed by atoms with Crippen LogP contribution < -0.4 is 0 Å². The molecule has 2 aromatic rings. The summed E-state index contributed by atoms with van der Waals surface area (Å²) >= 11 is 0. The van der Waals surface area contributed by atoms with E-state index in [0.29, 0.717) is 5.92 Å². The van der Waals surface area contributed by atoms with Crippen LogP contribution in [-0.4, -0.2) is 0 Å². The van der Waals surface area contributed by atoms with Crippen molar-refractivity contribution >= 4 is 0 Å². The molecule has 0 saturated heterocycles. The third-order valence-corrected chi connectivity index (χ3v) is 3.37. The van der Waals surface area contributed by atoms with E-state index in [1.165, 1.54) is 28.7 Å². The Morgan fingerprint density at radius 1 is 0.765 bits per heavy atom. The van der Waals surface area contributed by atoms with Crippen molar-refractivity contribution in [1.29, 1.82) is 0 Å². The van der Waals surface area contributed by atoms with E-state index >= 15 is 0 Å². The lowest BCUT2D eigenvalue weighted by molar-refractivity contribution is 0.797. The summed E-state index contributed by atoms with van der Waals surface area (Å²) < 4.78 is 0. The molecule has 1 aliphatic rings. The molecule has 17 heavy (non-hydrogen) atoms. The topological polar surface area (TPSA) is 0 Å². The lowest BCUT2D eigenvalue weighted by Gasteiger charge is -2.09. The van der Waals surface area contributed by atoms with Crippen LogP contribution >= 0.6 is 0 Å². The Hall–Kier alpha value is -1.56. The second kappa shape index (κ2) is 5.18. The second-order valence-corrected chi connectivity index (χ2v) is 4.14. The van der Waals surface area contributed by atoms with Crippen molar-refractivity contribution in [3.05, 3.63) is 59.7 Å². The quantitative estimate of drug-likeness (QED) is 0.621. The van der Waals surface area contributed by atoms with Crippen LogP contribution in [0.3, 0.4) is 0 Å². The maximum atomic E-state index is 2.27. The molecule has 0 radical (unpaired) electrons. The summed E-state index contributed by atoms with van der Waals surface area (Å²) in [6.45, 7) is 6.27. The third kappa shape index (κ3) is 1.88. The zero-order valence-corrected chi connectivity index (χ0v) is 10.9. The van der Waals surface area contributed by atoms with Crippen LogP contribution in [0.1, 0.15) is 44.2 Å². The maximum Gasteiger partial charge on any atom is 0.00990 e. The smallest absolute Gasteiger partial charge is 0.00990 e. The molecule has 0 saturated carbocycles. The number of fused-ring (bicyclic) bond motifs is 3. The highest BCUT2D eigenvalue weighted by Gasteiger charge is 2.25. The molecule has 0 spiro atoms. The van der Waals surface area contributed by atoms with Crippen LogP contribution in [0.15, 0.2) is 48.5 Å². The van der Waals surface area contributed by atoms with Crippen LogP contribution in [0.4, 0.5) is 0 Å². The maximum absolute atomic E-state index is 2.27. The van der Waals surface area contributed by atoms with Crippen LogP contribution in [0.2, 0.25) is 0 Å². The molecule has 1 aliphatic carbocycles. The Labute approximate surface area is 104 Å². The minimum atomic E-state index is 0.609. The summed E-state index contributed by atoms with van der Waals surface area (Å²) in [6, 6.07) is 17.6. The molecular formula is C17H20. The van der Waals surface area contributed by atoms with Gasteiger partial charge in [0.15, 0.2) is 0 Å². The summed E-state index contributed by atoms with van der Waals surface area (Å²) in [5.41, 5.74) is 5.86. The first kappa shape index (κ1) is 11.9. The molecule has 0 heterocycles. The average Bonchev–Trinajstić information content (AvgIpc) is 2.75. The zero-order valence-electron chi connectivity index (χ0n) is 10.9. The Kier molecular flexibility index (Phi) is 3.63. The van der Waals surface area contributed by atoms with Gasteiger partial charge in [-0.05, 0) is 28.7 Å². The van der Waals surface area contributed by atoms with E-state index in [4.69, 9.17) is 0 Å². The molecule has 2 aromatic carbocycles. The molecule has 3 rings (SSSR count). The number of hydrogen-bond acceptors (Lipinski definition) is 0. The van der Waals surface area contributed by atoms with Crippen LogP contribution in [0, 0.1) is 0 Å². The van der Waals surface area contributed by atoms with Gasteiger partial charge in [-0.1, -0.05) is 69.3 Å². The van der Waals surface area contributed by atoms with Gasteiger partial charge < -0.3 is 0 Å². The Bertz CT molecular complexity index is 451. The van der Waals surface area contributed by atoms with E-state index in [2.05, 4.69) is 55.5 Å². The van der Waals surface area contributed by atoms with E-state index in [9.17, 15) is 0 Å². The van der Waals surface area contributed by atoms with Crippen molar-refractivity contribution in [2.24, 2.45) is 0 Å². The SMILES string of the molecule is CC.CCC1c2ccccc2-c2ccccc21. The van der Waals surface area contributed by atoms with Gasteiger partial charge in [0.2, 0.25) is 0 Å².